The van der Waals surface area contributed by atoms with Gasteiger partial charge in [-0.05, 0) is 38.1 Å². The van der Waals surface area contributed by atoms with Crippen LogP contribution in [0.3, 0.4) is 0 Å². The Morgan fingerprint density at radius 2 is 1.78 bits per heavy atom. The largest absolute Gasteiger partial charge is 0.334 e. The van der Waals surface area contributed by atoms with Crippen molar-refractivity contribution < 1.29 is 4.79 Å². The second-order valence-corrected chi connectivity index (χ2v) is 6.29. The first-order valence-corrected chi connectivity index (χ1v) is 8.71. The number of urea groups is 1. The molecule has 2 aromatic carbocycles. The van der Waals surface area contributed by atoms with E-state index in [-0.39, 0.29) is 6.03 Å². The first kappa shape index (κ1) is 16.8. The minimum absolute atomic E-state index is 0.301. The Kier molecular flexibility index (Phi) is 4.33. The van der Waals surface area contributed by atoms with Crippen molar-refractivity contribution in [3.8, 4) is 5.69 Å². The molecule has 7 nitrogen and oxygen atoms in total. The molecule has 2 heterocycles. The van der Waals surface area contributed by atoms with Crippen molar-refractivity contribution in [3.63, 3.8) is 0 Å². The molecule has 27 heavy (non-hydrogen) atoms. The van der Waals surface area contributed by atoms with Crippen LogP contribution in [-0.2, 0) is 6.54 Å². The lowest BCUT2D eigenvalue weighted by Crippen LogP contribution is -2.33. The quantitative estimate of drug-likeness (QED) is 0.586. The molecule has 2 aromatic heterocycles. The molecule has 0 aliphatic rings. The number of rotatable bonds is 4. The third kappa shape index (κ3) is 3.27. The lowest BCUT2D eigenvalue weighted by atomic mass is 10.2. The number of carbonyl (C=O) groups is 1. The molecular weight excluding hydrogens is 340 g/mol. The van der Waals surface area contributed by atoms with Crippen molar-refractivity contribution in [1.82, 2.24) is 24.8 Å². The Morgan fingerprint density at radius 3 is 2.59 bits per heavy atom. The molecule has 0 aliphatic heterocycles. The minimum atomic E-state index is -0.301. The number of aromatic nitrogens is 4. The lowest BCUT2D eigenvalue weighted by Gasteiger charge is -2.09. The van der Waals surface area contributed by atoms with E-state index in [4.69, 9.17) is 0 Å². The van der Waals surface area contributed by atoms with Crippen molar-refractivity contribution in [2.24, 2.45) is 0 Å². The highest BCUT2D eigenvalue weighted by Crippen LogP contribution is 2.17. The highest BCUT2D eigenvalue weighted by Gasteiger charge is 2.14. The number of hydrogen-bond donors (Lipinski definition) is 2. The van der Waals surface area contributed by atoms with E-state index < -0.39 is 0 Å². The van der Waals surface area contributed by atoms with Gasteiger partial charge in [-0.2, -0.15) is 5.10 Å². The van der Waals surface area contributed by atoms with Crippen LogP contribution in [0, 0.1) is 13.8 Å². The predicted molar refractivity (Wildman–Crippen MR) is 104 cm³/mol. The van der Waals surface area contributed by atoms with Gasteiger partial charge in [-0.15, -0.1) is 0 Å². The highest BCUT2D eigenvalue weighted by molar-refractivity contribution is 5.85. The van der Waals surface area contributed by atoms with Crippen LogP contribution in [0.2, 0.25) is 0 Å². The molecule has 0 saturated heterocycles. The first-order valence-electron chi connectivity index (χ1n) is 8.71. The van der Waals surface area contributed by atoms with E-state index in [1.54, 1.807) is 11.0 Å². The van der Waals surface area contributed by atoms with Gasteiger partial charge in [-0.25, -0.2) is 24.6 Å². The van der Waals surface area contributed by atoms with Gasteiger partial charge in [-0.3, -0.25) is 0 Å². The summed E-state index contributed by atoms with van der Waals surface area (Å²) in [5.74, 6) is 0. The Bertz CT molecular complexity index is 1100. The summed E-state index contributed by atoms with van der Waals surface area (Å²) in [4.78, 5) is 16.6. The lowest BCUT2D eigenvalue weighted by molar-refractivity contribution is 0.249. The summed E-state index contributed by atoms with van der Waals surface area (Å²) < 4.78 is 3.51. The number of benzene rings is 2. The summed E-state index contributed by atoms with van der Waals surface area (Å²) in [7, 11) is 0. The molecule has 4 rings (SSSR count). The molecule has 0 fully saturated rings. The summed E-state index contributed by atoms with van der Waals surface area (Å²) in [6.45, 7) is 4.35. The normalized spacial score (nSPS) is 10.9. The van der Waals surface area contributed by atoms with Crippen LogP contribution >= 0.6 is 0 Å². The fraction of sp³-hybridized carbons (Fsp3) is 0.150. The number of nitrogens with zero attached hydrogens (tertiary/aromatic N) is 4. The molecule has 0 unspecified atom stereocenters. The Morgan fingerprint density at radius 1 is 1.04 bits per heavy atom. The summed E-state index contributed by atoms with van der Waals surface area (Å²) in [6.07, 6.45) is 1.59. The number of fused-ring (bicyclic) bond motifs is 1. The van der Waals surface area contributed by atoms with Gasteiger partial charge >= 0.3 is 6.03 Å². The zero-order chi connectivity index (χ0) is 18.8. The number of amides is 2. The zero-order valence-electron chi connectivity index (χ0n) is 15.2. The predicted octanol–water partition coefficient (Wildman–Crippen LogP) is 3.29. The average Bonchev–Trinajstić information content (AvgIpc) is 3.22. The molecule has 0 bridgehead atoms. The zero-order valence-corrected chi connectivity index (χ0v) is 15.2. The van der Waals surface area contributed by atoms with Crippen molar-refractivity contribution in [2.75, 3.05) is 5.43 Å². The van der Waals surface area contributed by atoms with E-state index >= 15 is 0 Å². The van der Waals surface area contributed by atoms with Gasteiger partial charge in [0.05, 0.1) is 22.4 Å². The van der Waals surface area contributed by atoms with Crippen LogP contribution in [0.5, 0.6) is 0 Å². The Hall–Kier alpha value is -3.61. The second-order valence-electron chi connectivity index (χ2n) is 6.29. The first-order chi connectivity index (χ1) is 13.1. The van der Waals surface area contributed by atoms with Crippen LogP contribution in [0.4, 0.5) is 4.79 Å². The van der Waals surface area contributed by atoms with E-state index in [0.717, 1.165) is 33.7 Å². The molecule has 2 amide bonds. The maximum atomic E-state index is 12.3. The van der Waals surface area contributed by atoms with E-state index in [9.17, 15) is 4.79 Å². The molecule has 2 N–H and O–H groups in total. The Balaban J connectivity index is 1.47. The van der Waals surface area contributed by atoms with E-state index in [1.807, 2.05) is 73.1 Å². The third-order valence-electron chi connectivity index (χ3n) is 4.54. The molecule has 7 heteroatoms. The maximum Gasteiger partial charge on any atom is 0.334 e. The van der Waals surface area contributed by atoms with Gasteiger partial charge in [0.25, 0.3) is 0 Å². The Labute approximate surface area is 156 Å². The van der Waals surface area contributed by atoms with Crippen molar-refractivity contribution in [3.05, 3.63) is 77.9 Å². The van der Waals surface area contributed by atoms with Crippen LogP contribution in [0.15, 0.2) is 60.9 Å². The summed E-state index contributed by atoms with van der Waals surface area (Å²) >= 11 is 0. The number of aryl methyl sites for hydroxylation is 1. The van der Waals surface area contributed by atoms with Gasteiger partial charge in [0.15, 0.2) is 0 Å². The number of hydrogen-bond acceptors (Lipinski definition) is 3. The fourth-order valence-electron chi connectivity index (χ4n) is 3.12. The monoisotopic (exact) mass is 360 g/mol. The van der Waals surface area contributed by atoms with Crippen LogP contribution < -0.4 is 10.7 Å². The van der Waals surface area contributed by atoms with Crippen LogP contribution in [0.1, 0.15) is 17.0 Å². The molecule has 0 aliphatic carbocycles. The van der Waals surface area contributed by atoms with Gasteiger partial charge in [0, 0.05) is 17.8 Å². The number of para-hydroxylation sites is 3. The van der Waals surface area contributed by atoms with E-state index in [2.05, 4.69) is 20.8 Å². The molecule has 0 saturated carbocycles. The summed E-state index contributed by atoms with van der Waals surface area (Å²) in [5, 5.41) is 7.50. The number of imidazole rings is 1. The average molecular weight is 360 g/mol. The van der Waals surface area contributed by atoms with Gasteiger partial charge < -0.3 is 5.32 Å². The highest BCUT2D eigenvalue weighted by atomic mass is 16.2. The third-order valence-corrected chi connectivity index (χ3v) is 4.54. The SMILES string of the molecule is Cc1nn(-c2ccccc2)c(C)c1CNC(=O)Nn1cnc2ccccc21. The minimum Gasteiger partial charge on any atom is -0.332 e. The topological polar surface area (TPSA) is 76.8 Å². The van der Waals surface area contributed by atoms with E-state index in [0.29, 0.717) is 6.54 Å². The second kappa shape index (κ2) is 6.95. The summed E-state index contributed by atoms with van der Waals surface area (Å²) in [6, 6.07) is 17.3. The molecule has 0 atom stereocenters. The maximum absolute atomic E-state index is 12.3. The van der Waals surface area contributed by atoms with Crippen LogP contribution in [-0.4, -0.2) is 25.5 Å². The number of nitrogens with one attached hydrogen (secondary N) is 2. The number of carbonyl (C=O) groups excluding carboxylic acids is 1. The summed E-state index contributed by atoms with van der Waals surface area (Å²) in [5.41, 5.74) is 8.36. The van der Waals surface area contributed by atoms with Crippen LogP contribution in [0.25, 0.3) is 16.7 Å². The van der Waals surface area contributed by atoms with Crippen molar-refractivity contribution >= 4 is 17.1 Å². The standard InChI is InChI=1S/C20H20N6O/c1-14-17(15(2)26(23-14)16-8-4-3-5-9-16)12-21-20(27)24-25-13-22-18-10-6-7-11-19(18)25/h3-11,13H,12H2,1-2H3,(H2,21,24,27). The van der Waals surface area contributed by atoms with Gasteiger partial charge in [0.1, 0.15) is 6.33 Å². The molecule has 0 radical (unpaired) electrons. The molecule has 0 spiro atoms. The fourth-order valence-corrected chi connectivity index (χ4v) is 3.12. The van der Waals surface area contributed by atoms with E-state index in [1.165, 1.54) is 0 Å². The smallest absolute Gasteiger partial charge is 0.332 e. The molecular formula is C20H20N6O. The van der Waals surface area contributed by atoms with Crippen molar-refractivity contribution in [1.29, 1.82) is 0 Å². The van der Waals surface area contributed by atoms with Gasteiger partial charge in [-0.1, -0.05) is 30.3 Å². The molecule has 136 valence electrons. The van der Waals surface area contributed by atoms with Gasteiger partial charge in [0.2, 0.25) is 0 Å². The molecule has 4 aromatic rings. The van der Waals surface area contributed by atoms with Crippen molar-refractivity contribution in [2.45, 2.75) is 20.4 Å².